The number of rotatable bonds is 4. The van der Waals surface area contributed by atoms with Crippen molar-refractivity contribution in [1.82, 2.24) is 5.32 Å². The summed E-state index contributed by atoms with van der Waals surface area (Å²) in [6.45, 7) is 2.41. The van der Waals surface area contributed by atoms with E-state index in [1.807, 2.05) is 19.1 Å². The fourth-order valence-corrected chi connectivity index (χ4v) is 2.42. The van der Waals surface area contributed by atoms with Crippen molar-refractivity contribution < 1.29 is 4.79 Å². The number of nitrogens with one attached hydrogen (secondary N) is 1. The highest BCUT2D eigenvalue weighted by molar-refractivity contribution is 9.11. The van der Waals surface area contributed by atoms with Crippen LogP contribution in [0.15, 0.2) is 15.9 Å². The van der Waals surface area contributed by atoms with E-state index >= 15 is 0 Å². The van der Waals surface area contributed by atoms with E-state index in [1.54, 1.807) is 11.3 Å². The van der Waals surface area contributed by atoms with Crippen LogP contribution in [-0.4, -0.2) is 11.9 Å². The van der Waals surface area contributed by atoms with Gasteiger partial charge >= 0.3 is 0 Å². The van der Waals surface area contributed by atoms with Gasteiger partial charge in [0.2, 0.25) is 5.91 Å². The van der Waals surface area contributed by atoms with Gasteiger partial charge in [0, 0.05) is 17.3 Å². The van der Waals surface area contributed by atoms with Crippen molar-refractivity contribution in [3.05, 3.63) is 20.8 Å². The first-order chi connectivity index (χ1) is 6.58. The molecule has 1 unspecified atom stereocenters. The molecule has 0 saturated carbocycles. The second-order valence-electron chi connectivity index (χ2n) is 3.16. The van der Waals surface area contributed by atoms with Crippen LogP contribution in [0.25, 0.3) is 0 Å². The fourth-order valence-electron chi connectivity index (χ4n) is 0.997. The lowest BCUT2D eigenvalue weighted by atomic mass is 10.2. The van der Waals surface area contributed by atoms with E-state index in [9.17, 15) is 4.79 Å². The normalized spacial score (nSPS) is 11.7. The van der Waals surface area contributed by atoms with E-state index in [0.717, 1.165) is 8.66 Å². The summed E-state index contributed by atoms with van der Waals surface area (Å²) < 4.78 is 1.08. The zero-order chi connectivity index (χ0) is 10.6. The van der Waals surface area contributed by atoms with Gasteiger partial charge in [-0.05, 0) is 35.0 Å². The molecule has 6 heteroatoms. The molecule has 0 bridgehead atoms. The van der Waals surface area contributed by atoms with Crippen molar-refractivity contribution in [3.8, 4) is 0 Å². The molecule has 0 aromatic carbocycles. The van der Waals surface area contributed by atoms with Crippen molar-refractivity contribution in [1.29, 1.82) is 0 Å². The summed E-state index contributed by atoms with van der Waals surface area (Å²) in [5.74, 6) is 0.00419. The molecule has 1 aromatic heterocycles. The Labute approximate surface area is 108 Å². The van der Waals surface area contributed by atoms with Crippen molar-refractivity contribution in [2.75, 3.05) is 0 Å². The Bertz CT molecular complexity index is 317. The van der Waals surface area contributed by atoms with Gasteiger partial charge in [-0.1, -0.05) is 0 Å². The molecule has 0 aliphatic heterocycles. The molecule has 86 valence electrons. The van der Waals surface area contributed by atoms with Gasteiger partial charge in [-0.15, -0.1) is 23.7 Å². The Morgan fingerprint density at radius 1 is 1.67 bits per heavy atom. The van der Waals surface area contributed by atoms with Gasteiger partial charge in [0.15, 0.2) is 0 Å². The minimum atomic E-state index is -0.0786. The number of carbonyl (C=O) groups excluding carboxylic acids is 1. The van der Waals surface area contributed by atoms with Gasteiger partial charge in [0.05, 0.1) is 10.3 Å². The molecular formula is C9H14BrClN2OS. The lowest BCUT2D eigenvalue weighted by Gasteiger charge is -2.05. The Balaban J connectivity index is 0.00000196. The molecule has 0 aliphatic rings. The zero-order valence-corrected chi connectivity index (χ0v) is 11.5. The standard InChI is InChI=1S/C9H13BrN2OS.ClH/c1-6(11)4-9(13)12-5-7-2-3-8(10)14-7;/h2-3,6H,4-5,11H2,1H3,(H,12,13);1H. The molecule has 15 heavy (non-hydrogen) atoms. The van der Waals surface area contributed by atoms with Crippen LogP contribution in [0, 0.1) is 0 Å². The lowest BCUT2D eigenvalue weighted by molar-refractivity contribution is -0.121. The number of halogens is 2. The zero-order valence-electron chi connectivity index (χ0n) is 8.33. The molecule has 3 N–H and O–H groups in total. The summed E-state index contributed by atoms with van der Waals surface area (Å²) in [5, 5.41) is 2.81. The molecule has 1 aromatic rings. The largest absolute Gasteiger partial charge is 0.351 e. The molecular weight excluding hydrogens is 300 g/mol. The average molecular weight is 314 g/mol. The third-order valence-electron chi connectivity index (χ3n) is 1.60. The molecule has 1 atom stereocenters. The first kappa shape index (κ1) is 14.9. The number of carbonyl (C=O) groups is 1. The highest BCUT2D eigenvalue weighted by atomic mass is 79.9. The fraction of sp³-hybridized carbons (Fsp3) is 0.444. The van der Waals surface area contributed by atoms with Crippen LogP contribution in [0.1, 0.15) is 18.2 Å². The van der Waals surface area contributed by atoms with Crippen LogP contribution >= 0.6 is 39.7 Å². The molecule has 1 amide bonds. The number of thiophene rings is 1. The van der Waals surface area contributed by atoms with Crippen LogP contribution in [0.2, 0.25) is 0 Å². The molecule has 1 rings (SSSR count). The van der Waals surface area contributed by atoms with E-state index in [2.05, 4.69) is 21.2 Å². The van der Waals surface area contributed by atoms with Gasteiger partial charge in [0.1, 0.15) is 0 Å². The van der Waals surface area contributed by atoms with E-state index in [1.165, 1.54) is 0 Å². The average Bonchev–Trinajstić information content (AvgIpc) is 2.47. The van der Waals surface area contributed by atoms with Crippen molar-refractivity contribution in [2.45, 2.75) is 25.9 Å². The third-order valence-corrected chi connectivity index (χ3v) is 3.22. The molecule has 3 nitrogen and oxygen atoms in total. The van der Waals surface area contributed by atoms with Crippen LogP contribution in [-0.2, 0) is 11.3 Å². The summed E-state index contributed by atoms with van der Waals surface area (Å²) in [4.78, 5) is 12.4. The molecule has 0 spiro atoms. The summed E-state index contributed by atoms with van der Waals surface area (Å²) in [6, 6.07) is 3.88. The van der Waals surface area contributed by atoms with E-state index in [4.69, 9.17) is 5.73 Å². The first-order valence-corrected chi connectivity index (χ1v) is 5.95. The van der Waals surface area contributed by atoms with Crippen LogP contribution < -0.4 is 11.1 Å². The maximum absolute atomic E-state index is 11.2. The van der Waals surface area contributed by atoms with Crippen molar-refractivity contribution in [2.24, 2.45) is 5.73 Å². The second kappa shape index (κ2) is 7.22. The Hall–Kier alpha value is -0.100. The molecule has 0 radical (unpaired) electrons. The monoisotopic (exact) mass is 312 g/mol. The molecule has 0 saturated heterocycles. The highest BCUT2D eigenvalue weighted by Crippen LogP contribution is 2.21. The number of hydrogen-bond acceptors (Lipinski definition) is 3. The number of nitrogens with two attached hydrogens (primary N) is 1. The number of amides is 1. The van der Waals surface area contributed by atoms with Crippen LogP contribution in [0.5, 0.6) is 0 Å². The quantitative estimate of drug-likeness (QED) is 0.896. The summed E-state index contributed by atoms with van der Waals surface area (Å²) in [6.07, 6.45) is 0.381. The maximum atomic E-state index is 11.2. The van der Waals surface area contributed by atoms with Gasteiger partial charge in [-0.2, -0.15) is 0 Å². The first-order valence-electron chi connectivity index (χ1n) is 4.34. The minimum Gasteiger partial charge on any atom is -0.351 e. The third kappa shape index (κ3) is 6.14. The predicted molar refractivity (Wildman–Crippen MR) is 69.4 cm³/mol. The number of hydrogen-bond donors (Lipinski definition) is 2. The van der Waals surface area contributed by atoms with Gasteiger partial charge < -0.3 is 11.1 Å². The Kier molecular flexibility index (Phi) is 7.17. The Morgan fingerprint density at radius 3 is 2.80 bits per heavy atom. The van der Waals surface area contributed by atoms with Crippen molar-refractivity contribution >= 4 is 45.6 Å². The Morgan fingerprint density at radius 2 is 2.33 bits per heavy atom. The van der Waals surface area contributed by atoms with E-state index in [-0.39, 0.29) is 24.4 Å². The maximum Gasteiger partial charge on any atom is 0.221 e. The SMILES string of the molecule is CC(N)CC(=O)NCc1ccc(Br)s1.Cl. The second-order valence-corrected chi connectivity index (χ2v) is 5.71. The van der Waals surface area contributed by atoms with Crippen LogP contribution in [0.4, 0.5) is 0 Å². The topological polar surface area (TPSA) is 55.1 Å². The van der Waals surface area contributed by atoms with Gasteiger partial charge in [-0.25, -0.2) is 0 Å². The molecule has 1 heterocycles. The van der Waals surface area contributed by atoms with Crippen LogP contribution in [0.3, 0.4) is 0 Å². The van der Waals surface area contributed by atoms with Crippen molar-refractivity contribution in [3.63, 3.8) is 0 Å². The van der Waals surface area contributed by atoms with Gasteiger partial charge in [0.25, 0.3) is 0 Å². The minimum absolute atomic E-state index is 0. The highest BCUT2D eigenvalue weighted by Gasteiger charge is 2.05. The smallest absolute Gasteiger partial charge is 0.221 e. The summed E-state index contributed by atoms with van der Waals surface area (Å²) in [7, 11) is 0. The predicted octanol–water partition coefficient (Wildman–Crippen LogP) is 2.29. The lowest BCUT2D eigenvalue weighted by Crippen LogP contribution is -2.29. The van der Waals surface area contributed by atoms with E-state index in [0.29, 0.717) is 13.0 Å². The summed E-state index contributed by atoms with van der Waals surface area (Å²) >= 11 is 4.98. The van der Waals surface area contributed by atoms with E-state index < -0.39 is 0 Å². The molecule has 0 aliphatic carbocycles. The molecule has 0 fully saturated rings. The van der Waals surface area contributed by atoms with Gasteiger partial charge in [-0.3, -0.25) is 4.79 Å². The summed E-state index contributed by atoms with van der Waals surface area (Å²) in [5.41, 5.74) is 5.50.